The molecule has 1 amide bonds. The van der Waals surface area contributed by atoms with Crippen LogP contribution in [0.5, 0.6) is 11.5 Å². The summed E-state index contributed by atoms with van der Waals surface area (Å²) in [7, 11) is 3.08. The lowest BCUT2D eigenvalue weighted by atomic mass is 10.1. The summed E-state index contributed by atoms with van der Waals surface area (Å²) in [5, 5.41) is 4.39. The van der Waals surface area contributed by atoms with Crippen LogP contribution in [0.3, 0.4) is 0 Å². The number of aromatic nitrogens is 1. The van der Waals surface area contributed by atoms with Crippen LogP contribution in [0.15, 0.2) is 53.5 Å². The first kappa shape index (κ1) is 17.8. The molecule has 2 aromatic carbocycles. The highest BCUT2D eigenvalue weighted by Gasteiger charge is 2.09. The molecule has 0 aliphatic rings. The number of nitrogens with zero attached hydrogens (tertiary/aromatic N) is 1. The Labute approximate surface area is 154 Å². The number of ether oxygens (including phenoxy) is 2. The van der Waals surface area contributed by atoms with Gasteiger partial charge in [0, 0.05) is 17.3 Å². The molecule has 134 valence electrons. The Morgan fingerprint density at radius 1 is 1.12 bits per heavy atom. The second-order valence-electron chi connectivity index (χ2n) is 5.60. The van der Waals surface area contributed by atoms with Crippen LogP contribution in [-0.2, 0) is 11.3 Å². The molecule has 0 atom stereocenters. The summed E-state index contributed by atoms with van der Waals surface area (Å²) >= 11 is 6.05. The van der Waals surface area contributed by atoms with Crippen LogP contribution < -0.4 is 20.3 Å². The topological polar surface area (TPSA) is 69.6 Å². The van der Waals surface area contributed by atoms with Crippen LogP contribution in [-0.4, -0.2) is 24.7 Å². The van der Waals surface area contributed by atoms with Gasteiger partial charge in [-0.05, 0) is 47.9 Å². The van der Waals surface area contributed by atoms with Crippen LogP contribution in [0.1, 0.15) is 0 Å². The highest BCUT2D eigenvalue weighted by molar-refractivity contribution is 6.32. The van der Waals surface area contributed by atoms with Gasteiger partial charge in [0.2, 0.25) is 5.91 Å². The lowest BCUT2D eigenvalue weighted by Crippen LogP contribution is -2.27. The van der Waals surface area contributed by atoms with Gasteiger partial charge in [0.25, 0.3) is 5.56 Å². The number of amides is 1. The lowest BCUT2D eigenvalue weighted by molar-refractivity contribution is -0.116. The van der Waals surface area contributed by atoms with Gasteiger partial charge in [-0.3, -0.25) is 9.59 Å². The fourth-order valence-electron chi connectivity index (χ4n) is 2.62. The van der Waals surface area contributed by atoms with Crippen molar-refractivity contribution in [2.24, 2.45) is 0 Å². The Hall–Kier alpha value is -2.99. The molecule has 3 rings (SSSR count). The molecule has 0 fully saturated rings. The van der Waals surface area contributed by atoms with E-state index in [2.05, 4.69) is 5.32 Å². The van der Waals surface area contributed by atoms with E-state index in [-0.39, 0.29) is 18.0 Å². The number of rotatable bonds is 5. The maximum absolute atomic E-state index is 12.6. The molecule has 0 aliphatic carbocycles. The van der Waals surface area contributed by atoms with Gasteiger partial charge in [-0.15, -0.1) is 0 Å². The Kier molecular flexibility index (Phi) is 5.14. The molecular weight excluding hydrogens is 356 g/mol. The predicted molar refractivity (Wildman–Crippen MR) is 101 cm³/mol. The molecule has 0 aliphatic heterocycles. The van der Waals surface area contributed by atoms with Crippen LogP contribution in [0.25, 0.3) is 10.8 Å². The summed E-state index contributed by atoms with van der Waals surface area (Å²) in [6.07, 6.45) is 1.59. The molecule has 3 aromatic rings. The predicted octanol–water partition coefficient (Wildman–Crippen LogP) is 3.31. The summed E-state index contributed by atoms with van der Waals surface area (Å²) < 4.78 is 11.6. The third-order valence-corrected chi connectivity index (χ3v) is 4.23. The molecule has 0 saturated heterocycles. The fourth-order valence-corrected chi connectivity index (χ4v) is 2.87. The Morgan fingerprint density at radius 3 is 2.62 bits per heavy atom. The average molecular weight is 373 g/mol. The minimum atomic E-state index is -0.332. The smallest absolute Gasteiger partial charge is 0.258 e. The van der Waals surface area contributed by atoms with Gasteiger partial charge in [-0.25, -0.2) is 0 Å². The van der Waals surface area contributed by atoms with Crippen molar-refractivity contribution >= 4 is 34.0 Å². The molecule has 26 heavy (non-hydrogen) atoms. The third kappa shape index (κ3) is 3.65. The van der Waals surface area contributed by atoms with Gasteiger partial charge < -0.3 is 19.4 Å². The summed E-state index contributed by atoms with van der Waals surface area (Å²) in [4.78, 5) is 24.8. The molecule has 0 radical (unpaired) electrons. The standard InChI is InChI=1S/C19H17ClN2O4/c1-25-14-4-5-15-12(9-14)7-8-22(19(15)24)11-18(23)21-13-3-6-17(26-2)16(20)10-13/h3-10H,11H2,1-2H3,(H,21,23). The van der Waals surface area contributed by atoms with E-state index in [0.717, 1.165) is 5.39 Å². The zero-order valence-electron chi connectivity index (χ0n) is 14.3. The molecule has 0 bridgehead atoms. The van der Waals surface area contributed by atoms with Gasteiger partial charge >= 0.3 is 0 Å². The first-order valence-corrected chi connectivity index (χ1v) is 8.20. The number of anilines is 1. The number of methoxy groups -OCH3 is 2. The van der Waals surface area contributed by atoms with Gasteiger partial charge in [-0.1, -0.05) is 11.6 Å². The van der Waals surface area contributed by atoms with Crippen LogP contribution in [0, 0.1) is 0 Å². The second-order valence-corrected chi connectivity index (χ2v) is 6.01. The van der Waals surface area contributed by atoms with Crippen LogP contribution in [0.4, 0.5) is 5.69 Å². The number of halogens is 1. The maximum Gasteiger partial charge on any atom is 0.258 e. The SMILES string of the molecule is COc1ccc2c(=O)n(CC(=O)Nc3ccc(OC)c(Cl)c3)ccc2c1. The van der Waals surface area contributed by atoms with E-state index in [1.54, 1.807) is 55.8 Å². The van der Waals surface area contributed by atoms with E-state index in [1.807, 2.05) is 0 Å². The van der Waals surface area contributed by atoms with Crippen molar-refractivity contribution in [3.63, 3.8) is 0 Å². The van der Waals surface area contributed by atoms with E-state index in [0.29, 0.717) is 27.6 Å². The van der Waals surface area contributed by atoms with Crippen LogP contribution >= 0.6 is 11.6 Å². The number of hydrogen-bond acceptors (Lipinski definition) is 4. The van der Waals surface area contributed by atoms with Gasteiger partial charge in [-0.2, -0.15) is 0 Å². The number of nitrogens with one attached hydrogen (secondary N) is 1. The Bertz CT molecular complexity index is 1030. The van der Waals surface area contributed by atoms with E-state index in [9.17, 15) is 9.59 Å². The molecule has 7 heteroatoms. The maximum atomic E-state index is 12.6. The number of hydrogen-bond donors (Lipinski definition) is 1. The largest absolute Gasteiger partial charge is 0.497 e. The Balaban J connectivity index is 1.80. The minimum absolute atomic E-state index is 0.107. The van der Waals surface area contributed by atoms with E-state index in [1.165, 1.54) is 11.7 Å². The quantitative estimate of drug-likeness (QED) is 0.746. The zero-order valence-corrected chi connectivity index (χ0v) is 15.0. The molecule has 1 heterocycles. The number of benzene rings is 2. The van der Waals surface area contributed by atoms with Crippen molar-refractivity contribution in [1.29, 1.82) is 0 Å². The van der Waals surface area contributed by atoms with Crippen molar-refractivity contribution in [3.8, 4) is 11.5 Å². The molecular formula is C19H17ClN2O4. The third-order valence-electron chi connectivity index (χ3n) is 3.93. The van der Waals surface area contributed by atoms with Crippen molar-refractivity contribution in [1.82, 2.24) is 4.57 Å². The molecule has 0 saturated carbocycles. The second kappa shape index (κ2) is 7.49. The van der Waals surface area contributed by atoms with E-state index in [4.69, 9.17) is 21.1 Å². The summed E-state index contributed by atoms with van der Waals surface area (Å²) in [6.45, 7) is -0.107. The van der Waals surface area contributed by atoms with E-state index < -0.39 is 0 Å². The first-order chi connectivity index (χ1) is 12.5. The van der Waals surface area contributed by atoms with Crippen molar-refractivity contribution < 1.29 is 14.3 Å². The normalized spacial score (nSPS) is 10.6. The fraction of sp³-hybridized carbons (Fsp3) is 0.158. The molecule has 0 unspecified atom stereocenters. The number of carbonyl (C=O) groups excluding carboxylic acids is 1. The molecule has 0 spiro atoms. The Morgan fingerprint density at radius 2 is 1.92 bits per heavy atom. The van der Waals surface area contributed by atoms with Crippen molar-refractivity contribution in [3.05, 3.63) is 64.0 Å². The number of fused-ring (bicyclic) bond motifs is 1. The summed E-state index contributed by atoms with van der Waals surface area (Å²) in [6, 6.07) is 11.9. The highest BCUT2D eigenvalue weighted by Crippen LogP contribution is 2.27. The average Bonchev–Trinajstić information content (AvgIpc) is 2.64. The molecule has 1 aromatic heterocycles. The lowest BCUT2D eigenvalue weighted by Gasteiger charge is -2.10. The van der Waals surface area contributed by atoms with E-state index >= 15 is 0 Å². The van der Waals surface area contributed by atoms with Crippen molar-refractivity contribution in [2.75, 3.05) is 19.5 Å². The van der Waals surface area contributed by atoms with Gasteiger partial charge in [0.1, 0.15) is 18.0 Å². The highest BCUT2D eigenvalue weighted by atomic mass is 35.5. The molecule has 6 nitrogen and oxygen atoms in total. The summed E-state index contributed by atoms with van der Waals surface area (Å²) in [5.41, 5.74) is 0.285. The van der Waals surface area contributed by atoms with Crippen molar-refractivity contribution in [2.45, 2.75) is 6.54 Å². The zero-order chi connectivity index (χ0) is 18.7. The van der Waals surface area contributed by atoms with Crippen LogP contribution in [0.2, 0.25) is 5.02 Å². The number of carbonyl (C=O) groups is 1. The monoisotopic (exact) mass is 372 g/mol. The summed E-state index contributed by atoms with van der Waals surface area (Å²) in [5.74, 6) is 0.857. The first-order valence-electron chi connectivity index (χ1n) is 7.82. The van der Waals surface area contributed by atoms with Gasteiger partial charge in [0.05, 0.1) is 19.2 Å². The van der Waals surface area contributed by atoms with Gasteiger partial charge in [0.15, 0.2) is 0 Å². The number of pyridine rings is 1. The minimum Gasteiger partial charge on any atom is -0.497 e. The molecule has 1 N–H and O–H groups in total.